The Labute approximate surface area is 79.9 Å². The van der Waals surface area contributed by atoms with Crippen molar-refractivity contribution in [1.82, 2.24) is 0 Å². The van der Waals surface area contributed by atoms with Gasteiger partial charge >= 0.3 is 0 Å². The Bertz CT molecular complexity index is 231. The summed E-state index contributed by atoms with van der Waals surface area (Å²) in [5.74, 6) is 1.02. The second-order valence-electron chi connectivity index (χ2n) is 3.80. The lowest BCUT2D eigenvalue weighted by molar-refractivity contribution is 0.116. The van der Waals surface area contributed by atoms with E-state index in [4.69, 9.17) is 4.74 Å². The van der Waals surface area contributed by atoms with Crippen molar-refractivity contribution in [3.05, 3.63) is 23.5 Å². The molecule has 0 aromatic carbocycles. The van der Waals surface area contributed by atoms with Gasteiger partial charge < -0.3 is 9.84 Å². The molecule has 0 saturated heterocycles. The number of rotatable bonds is 3. The molecular formula is C11H18O2. The van der Waals surface area contributed by atoms with Gasteiger partial charge in [0, 0.05) is 6.42 Å². The fourth-order valence-electron chi connectivity index (χ4n) is 1.42. The molecule has 0 unspecified atom stereocenters. The molecule has 1 aliphatic carbocycles. The smallest absolute Gasteiger partial charge is 0.0960 e. The minimum atomic E-state index is -0.686. The van der Waals surface area contributed by atoms with Crippen LogP contribution in [0.15, 0.2) is 23.5 Å². The Morgan fingerprint density at radius 2 is 2.08 bits per heavy atom. The van der Waals surface area contributed by atoms with E-state index in [1.54, 1.807) is 0 Å². The summed E-state index contributed by atoms with van der Waals surface area (Å²) >= 11 is 0. The average molecular weight is 182 g/mol. The number of hydrogen-bond donors (Lipinski definition) is 1. The first-order valence-electron chi connectivity index (χ1n) is 4.77. The summed E-state index contributed by atoms with van der Waals surface area (Å²) in [5, 5.41) is 9.72. The normalized spacial score (nSPS) is 17.8. The van der Waals surface area contributed by atoms with E-state index in [0.29, 0.717) is 0 Å². The molecule has 13 heavy (non-hydrogen) atoms. The molecule has 0 saturated carbocycles. The maximum Gasteiger partial charge on any atom is 0.0960 e. The predicted molar refractivity (Wildman–Crippen MR) is 53.3 cm³/mol. The zero-order valence-corrected chi connectivity index (χ0v) is 8.63. The molecule has 0 aromatic heterocycles. The highest BCUT2D eigenvalue weighted by Gasteiger charge is 2.20. The van der Waals surface area contributed by atoms with E-state index >= 15 is 0 Å². The topological polar surface area (TPSA) is 29.5 Å². The molecule has 74 valence electrons. The maximum absolute atomic E-state index is 9.72. The Morgan fingerprint density at radius 1 is 1.38 bits per heavy atom. The highest BCUT2D eigenvalue weighted by Crippen LogP contribution is 2.26. The van der Waals surface area contributed by atoms with Crippen LogP contribution in [-0.2, 0) is 4.74 Å². The SMILES string of the molecule is CCOC1=CCC(C(C)(C)O)=CC1. The average Bonchev–Trinajstić information content (AvgIpc) is 2.04. The van der Waals surface area contributed by atoms with Crippen molar-refractivity contribution in [3.8, 4) is 0 Å². The molecule has 0 bridgehead atoms. The Hall–Kier alpha value is -0.760. The van der Waals surface area contributed by atoms with E-state index < -0.39 is 5.60 Å². The van der Waals surface area contributed by atoms with Crippen LogP contribution in [0.1, 0.15) is 33.6 Å². The van der Waals surface area contributed by atoms with Gasteiger partial charge in [0.1, 0.15) is 0 Å². The first-order valence-corrected chi connectivity index (χ1v) is 4.77. The molecule has 1 rings (SSSR count). The van der Waals surface area contributed by atoms with Crippen molar-refractivity contribution >= 4 is 0 Å². The highest BCUT2D eigenvalue weighted by atomic mass is 16.5. The summed E-state index contributed by atoms with van der Waals surface area (Å²) in [5.41, 5.74) is 0.393. The van der Waals surface area contributed by atoms with Crippen LogP contribution in [-0.4, -0.2) is 17.3 Å². The molecule has 2 nitrogen and oxygen atoms in total. The third-order valence-electron chi connectivity index (χ3n) is 2.21. The summed E-state index contributed by atoms with van der Waals surface area (Å²) in [6.45, 7) is 6.34. The molecule has 0 aliphatic heterocycles. The minimum Gasteiger partial charge on any atom is -0.498 e. The van der Waals surface area contributed by atoms with Gasteiger partial charge in [0.05, 0.1) is 18.0 Å². The molecule has 2 heteroatoms. The summed E-state index contributed by atoms with van der Waals surface area (Å²) in [6.07, 6.45) is 5.73. The van der Waals surface area contributed by atoms with Gasteiger partial charge in [0.15, 0.2) is 0 Å². The zero-order valence-electron chi connectivity index (χ0n) is 8.63. The lowest BCUT2D eigenvalue weighted by atomic mass is 9.91. The molecule has 0 radical (unpaired) electrons. The number of allylic oxidation sites excluding steroid dienone is 2. The summed E-state index contributed by atoms with van der Waals surface area (Å²) in [4.78, 5) is 0. The Kier molecular flexibility index (Phi) is 3.15. The molecule has 1 N–H and O–H groups in total. The van der Waals surface area contributed by atoms with Gasteiger partial charge in [-0.3, -0.25) is 0 Å². The van der Waals surface area contributed by atoms with Crippen LogP contribution >= 0.6 is 0 Å². The van der Waals surface area contributed by atoms with E-state index in [-0.39, 0.29) is 0 Å². The third-order valence-corrected chi connectivity index (χ3v) is 2.21. The van der Waals surface area contributed by atoms with E-state index in [2.05, 4.69) is 12.2 Å². The Morgan fingerprint density at radius 3 is 2.46 bits per heavy atom. The van der Waals surface area contributed by atoms with Gasteiger partial charge in [-0.05, 0) is 38.8 Å². The largest absolute Gasteiger partial charge is 0.498 e. The number of hydrogen-bond acceptors (Lipinski definition) is 2. The quantitative estimate of drug-likeness (QED) is 0.679. The lowest BCUT2D eigenvalue weighted by Crippen LogP contribution is -2.22. The molecule has 0 atom stereocenters. The molecule has 0 aromatic rings. The Balaban J connectivity index is 2.53. The van der Waals surface area contributed by atoms with Crippen molar-refractivity contribution in [2.75, 3.05) is 6.61 Å². The first-order chi connectivity index (χ1) is 6.04. The van der Waals surface area contributed by atoms with Crippen LogP contribution < -0.4 is 0 Å². The zero-order chi connectivity index (χ0) is 9.90. The van der Waals surface area contributed by atoms with Crippen LogP contribution in [0.5, 0.6) is 0 Å². The van der Waals surface area contributed by atoms with Crippen LogP contribution in [0, 0.1) is 0 Å². The van der Waals surface area contributed by atoms with Crippen molar-refractivity contribution in [3.63, 3.8) is 0 Å². The van der Waals surface area contributed by atoms with E-state index in [9.17, 15) is 5.11 Å². The molecular weight excluding hydrogens is 164 g/mol. The summed E-state index contributed by atoms with van der Waals surface area (Å²) in [6, 6.07) is 0. The van der Waals surface area contributed by atoms with Gasteiger partial charge in [-0.1, -0.05) is 6.08 Å². The van der Waals surface area contributed by atoms with E-state index in [0.717, 1.165) is 30.8 Å². The van der Waals surface area contributed by atoms with Crippen LogP contribution in [0.2, 0.25) is 0 Å². The van der Waals surface area contributed by atoms with Crippen LogP contribution in [0.4, 0.5) is 0 Å². The highest BCUT2D eigenvalue weighted by molar-refractivity contribution is 5.24. The fourth-order valence-corrected chi connectivity index (χ4v) is 1.42. The van der Waals surface area contributed by atoms with Gasteiger partial charge in [-0.25, -0.2) is 0 Å². The van der Waals surface area contributed by atoms with Crippen LogP contribution in [0.3, 0.4) is 0 Å². The van der Waals surface area contributed by atoms with Crippen molar-refractivity contribution in [2.45, 2.75) is 39.2 Å². The molecule has 0 spiro atoms. The summed E-state index contributed by atoms with van der Waals surface area (Å²) in [7, 11) is 0. The standard InChI is InChI=1S/C11H18O2/c1-4-13-10-7-5-9(6-8-10)11(2,3)12/h5,8,12H,4,6-7H2,1-3H3. The van der Waals surface area contributed by atoms with E-state index in [1.807, 2.05) is 20.8 Å². The fraction of sp³-hybridized carbons (Fsp3) is 0.636. The molecule has 1 aliphatic rings. The lowest BCUT2D eigenvalue weighted by Gasteiger charge is -2.24. The molecule has 0 fully saturated rings. The number of aliphatic hydroxyl groups is 1. The van der Waals surface area contributed by atoms with Gasteiger partial charge in [-0.15, -0.1) is 0 Å². The minimum absolute atomic E-state index is 0.686. The van der Waals surface area contributed by atoms with Crippen molar-refractivity contribution in [1.29, 1.82) is 0 Å². The second-order valence-corrected chi connectivity index (χ2v) is 3.80. The van der Waals surface area contributed by atoms with Gasteiger partial charge in [-0.2, -0.15) is 0 Å². The van der Waals surface area contributed by atoms with Crippen LogP contribution in [0.25, 0.3) is 0 Å². The number of ether oxygens (including phenoxy) is 1. The third kappa shape index (κ3) is 2.88. The second kappa shape index (κ2) is 3.97. The maximum atomic E-state index is 9.72. The molecule has 0 amide bonds. The van der Waals surface area contributed by atoms with Crippen molar-refractivity contribution < 1.29 is 9.84 Å². The van der Waals surface area contributed by atoms with E-state index in [1.165, 1.54) is 0 Å². The van der Waals surface area contributed by atoms with Gasteiger partial charge in [0.25, 0.3) is 0 Å². The first kappa shape index (κ1) is 10.3. The predicted octanol–water partition coefficient (Wildman–Crippen LogP) is 2.40. The van der Waals surface area contributed by atoms with Crippen molar-refractivity contribution in [2.24, 2.45) is 0 Å². The monoisotopic (exact) mass is 182 g/mol. The summed E-state index contributed by atoms with van der Waals surface area (Å²) < 4.78 is 5.38. The van der Waals surface area contributed by atoms with Gasteiger partial charge in [0.2, 0.25) is 0 Å². The molecule has 0 heterocycles.